The number of nitrogens with zero attached hydrogens (tertiary/aromatic N) is 1. The predicted molar refractivity (Wildman–Crippen MR) is 58.4 cm³/mol. The lowest BCUT2D eigenvalue weighted by molar-refractivity contribution is 0.263. The molecule has 0 saturated heterocycles. The summed E-state index contributed by atoms with van der Waals surface area (Å²) in [4.78, 5) is 3.00. The van der Waals surface area contributed by atoms with E-state index in [1.807, 2.05) is 0 Å². The highest BCUT2D eigenvalue weighted by Gasteiger charge is 2.04. The van der Waals surface area contributed by atoms with Gasteiger partial charge in [0.25, 0.3) is 0 Å². The molecule has 0 rings (SSSR count). The third kappa shape index (κ3) is 6.55. The van der Waals surface area contributed by atoms with Gasteiger partial charge in [-0.1, -0.05) is 33.0 Å². The number of rotatable bonds is 6. The molecule has 0 radical (unpaired) electrons. The summed E-state index contributed by atoms with van der Waals surface area (Å²) < 4.78 is 0. The summed E-state index contributed by atoms with van der Waals surface area (Å²) in [5, 5.41) is 0. The molecule has 72 valence electrons. The van der Waals surface area contributed by atoms with Gasteiger partial charge in [0.1, 0.15) is 0 Å². The van der Waals surface area contributed by atoms with Crippen LogP contribution in [0, 0.1) is 5.92 Å². The standard InChI is InChI=1S/C9H20N2S/c1-4-11(7-8(2)3)6-5-9(10)12/h8H,4-7H2,1-3H3,(H2,10,12). The van der Waals surface area contributed by atoms with Gasteiger partial charge in [0.05, 0.1) is 4.99 Å². The quantitative estimate of drug-likeness (QED) is 0.643. The van der Waals surface area contributed by atoms with Crippen molar-refractivity contribution in [2.24, 2.45) is 11.7 Å². The van der Waals surface area contributed by atoms with E-state index in [-0.39, 0.29) is 0 Å². The highest BCUT2D eigenvalue weighted by atomic mass is 32.1. The third-order valence-electron chi connectivity index (χ3n) is 1.74. The zero-order chi connectivity index (χ0) is 9.56. The fourth-order valence-electron chi connectivity index (χ4n) is 1.16. The molecule has 0 aliphatic heterocycles. The van der Waals surface area contributed by atoms with Gasteiger partial charge in [0, 0.05) is 19.5 Å². The minimum atomic E-state index is 0.622. The van der Waals surface area contributed by atoms with Crippen LogP contribution < -0.4 is 5.73 Å². The summed E-state index contributed by atoms with van der Waals surface area (Å²) in [7, 11) is 0. The van der Waals surface area contributed by atoms with E-state index in [2.05, 4.69) is 25.7 Å². The van der Waals surface area contributed by atoms with Crippen LogP contribution in [0.1, 0.15) is 27.2 Å². The summed E-state index contributed by atoms with van der Waals surface area (Å²) in [6, 6.07) is 0. The maximum absolute atomic E-state index is 5.43. The van der Waals surface area contributed by atoms with Crippen molar-refractivity contribution in [1.29, 1.82) is 0 Å². The van der Waals surface area contributed by atoms with Crippen LogP contribution in [0.5, 0.6) is 0 Å². The Morgan fingerprint density at radius 3 is 2.42 bits per heavy atom. The largest absolute Gasteiger partial charge is 0.393 e. The van der Waals surface area contributed by atoms with Gasteiger partial charge < -0.3 is 10.6 Å². The molecule has 0 aliphatic rings. The topological polar surface area (TPSA) is 29.3 Å². The molecular formula is C9H20N2S. The van der Waals surface area contributed by atoms with Crippen molar-refractivity contribution in [1.82, 2.24) is 4.90 Å². The molecule has 0 heterocycles. The molecule has 2 N–H and O–H groups in total. The lowest BCUT2D eigenvalue weighted by Crippen LogP contribution is -2.30. The van der Waals surface area contributed by atoms with Gasteiger partial charge in [0.15, 0.2) is 0 Å². The molecule has 3 heteroatoms. The van der Waals surface area contributed by atoms with Gasteiger partial charge in [-0.2, -0.15) is 0 Å². The Labute approximate surface area is 81.1 Å². The van der Waals surface area contributed by atoms with Crippen molar-refractivity contribution in [3.05, 3.63) is 0 Å². The predicted octanol–water partition coefficient (Wildman–Crippen LogP) is 1.64. The molecule has 0 aromatic rings. The maximum Gasteiger partial charge on any atom is 0.0740 e. The van der Waals surface area contributed by atoms with Crippen LogP contribution in [0.25, 0.3) is 0 Å². The van der Waals surface area contributed by atoms with Gasteiger partial charge in [-0.05, 0) is 12.5 Å². The molecule has 0 aliphatic carbocycles. The fourth-order valence-corrected chi connectivity index (χ4v) is 1.25. The molecule has 12 heavy (non-hydrogen) atoms. The summed E-state index contributed by atoms with van der Waals surface area (Å²) in [5.74, 6) is 0.719. The van der Waals surface area contributed by atoms with Crippen molar-refractivity contribution in [2.75, 3.05) is 19.6 Å². The minimum Gasteiger partial charge on any atom is -0.393 e. The SMILES string of the molecule is CCN(CCC(N)=S)CC(C)C. The Kier molecular flexibility index (Phi) is 6.30. The molecule has 0 fully saturated rings. The van der Waals surface area contributed by atoms with Crippen LogP contribution in [0.15, 0.2) is 0 Å². The Morgan fingerprint density at radius 2 is 2.08 bits per heavy atom. The van der Waals surface area contributed by atoms with Crippen molar-refractivity contribution in [2.45, 2.75) is 27.2 Å². The van der Waals surface area contributed by atoms with Crippen LogP contribution in [-0.2, 0) is 0 Å². The zero-order valence-corrected chi connectivity index (χ0v) is 9.16. The van der Waals surface area contributed by atoms with Crippen molar-refractivity contribution >= 4 is 17.2 Å². The first-order chi connectivity index (χ1) is 5.56. The van der Waals surface area contributed by atoms with E-state index in [4.69, 9.17) is 18.0 Å². The maximum atomic E-state index is 5.43. The van der Waals surface area contributed by atoms with E-state index in [1.165, 1.54) is 0 Å². The molecule has 0 unspecified atom stereocenters. The molecule has 0 aromatic heterocycles. The third-order valence-corrected chi connectivity index (χ3v) is 1.95. The van der Waals surface area contributed by atoms with E-state index < -0.39 is 0 Å². The Balaban J connectivity index is 3.60. The first-order valence-electron chi connectivity index (χ1n) is 4.57. The first kappa shape index (κ1) is 11.8. The van der Waals surface area contributed by atoms with E-state index in [0.29, 0.717) is 4.99 Å². The zero-order valence-electron chi connectivity index (χ0n) is 8.34. The van der Waals surface area contributed by atoms with Crippen LogP contribution >= 0.6 is 12.2 Å². The van der Waals surface area contributed by atoms with Crippen LogP contribution in [0.3, 0.4) is 0 Å². The van der Waals surface area contributed by atoms with Crippen LogP contribution in [-0.4, -0.2) is 29.5 Å². The smallest absolute Gasteiger partial charge is 0.0740 e. The van der Waals surface area contributed by atoms with Crippen LogP contribution in [0.4, 0.5) is 0 Å². The van der Waals surface area contributed by atoms with Gasteiger partial charge in [-0.15, -0.1) is 0 Å². The van der Waals surface area contributed by atoms with E-state index in [9.17, 15) is 0 Å². The fraction of sp³-hybridized carbons (Fsp3) is 0.889. The summed E-state index contributed by atoms with van der Waals surface area (Å²) >= 11 is 4.83. The Hall–Kier alpha value is -0.150. The molecule has 0 aromatic carbocycles. The van der Waals surface area contributed by atoms with Crippen molar-refractivity contribution in [3.8, 4) is 0 Å². The summed E-state index contributed by atoms with van der Waals surface area (Å²) in [6.45, 7) is 9.85. The molecule has 0 amide bonds. The molecular weight excluding hydrogens is 168 g/mol. The van der Waals surface area contributed by atoms with Gasteiger partial charge in [0.2, 0.25) is 0 Å². The average molecular weight is 188 g/mol. The number of thiocarbonyl (C=S) groups is 1. The molecule has 0 spiro atoms. The number of hydrogen-bond acceptors (Lipinski definition) is 2. The molecule has 2 nitrogen and oxygen atoms in total. The van der Waals surface area contributed by atoms with Gasteiger partial charge in [-0.3, -0.25) is 0 Å². The summed E-state index contributed by atoms with van der Waals surface area (Å²) in [5.41, 5.74) is 5.43. The second-order valence-electron chi connectivity index (χ2n) is 3.50. The lowest BCUT2D eigenvalue weighted by Gasteiger charge is -2.21. The second kappa shape index (κ2) is 6.38. The second-order valence-corrected chi connectivity index (χ2v) is 4.03. The number of nitrogens with two attached hydrogens (primary N) is 1. The van der Waals surface area contributed by atoms with Crippen molar-refractivity contribution < 1.29 is 0 Å². The highest BCUT2D eigenvalue weighted by molar-refractivity contribution is 7.80. The van der Waals surface area contributed by atoms with Crippen LogP contribution in [0.2, 0.25) is 0 Å². The molecule has 0 saturated carbocycles. The monoisotopic (exact) mass is 188 g/mol. The van der Waals surface area contributed by atoms with E-state index in [1.54, 1.807) is 0 Å². The van der Waals surface area contributed by atoms with Gasteiger partial charge >= 0.3 is 0 Å². The van der Waals surface area contributed by atoms with Gasteiger partial charge in [-0.25, -0.2) is 0 Å². The highest BCUT2D eigenvalue weighted by Crippen LogP contribution is 1.99. The number of hydrogen-bond donors (Lipinski definition) is 1. The Bertz CT molecular complexity index is 134. The first-order valence-corrected chi connectivity index (χ1v) is 4.97. The summed E-state index contributed by atoms with van der Waals surface area (Å²) in [6.07, 6.45) is 0.843. The Morgan fingerprint density at radius 1 is 1.50 bits per heavy atom. The lowest BCUT2D eigenvalue weighted by atomic mass is 10.2. The van der Waals surface area contributed by atoms with E-state index >= 15 is 0 Å². The minimum absolute atomic E-state index is 0.622. The van der Waals surface area contributed by atoms with E-state index in [0.717, 1.165) is 32.0 Å². The molecule has 0 bridgehead atoms. The average Bonchev–Trinajstić information content (AvgIpc) is 1.97. The van der Waals surface area contributed by atoms with Crippen molar-refractivity contribution in [3.63, 3.8) is 0 Å². The normalized spacial score (nSPS) is 11.1. The molecule has 0 atom stereocenters.